The maximum Gasteiger partial charge on any atom is 0.337 e. The molecule has 8 heteroatoms. The second-order valence-corrected chi connectivity index (χ2v) is 4.55. The van der Waals surface area contributed by atoms with Gasteiger partial charge in [0.2, 0.25) is 0 Å². The van der Waals surface area contributed by atoms with Gasteiger partial charge in [-0.25, -0.2) is 18.0 Å². The lowest BCUT2D eigenvalue weighted by Gasteiger charge is -2.15. The summed E-state index contributed by atoms with van der Waals surface area (Å²) in [6.07, 6.45) is 0. The number of benzene rings is 1. The van der Waals surface area contributed by atoms with Gasteiger partial charge in [0.05, 0.1) is 4.90 Å². The van der Waals surface area contributed by atoms with E-state index in [0.717, 1.165) is 0 Å². The minimum absolute atomic E-state index is 0.192. The number of nitrogens with two attached hydrogens (primary N) is 2. The third-order valence-electron chi connectivity index (χ3n) is 1.68. The Balaban J connectivity index is 3.31. The van der Waals surface area contributed by atoms with Gasteiger partial charge in [0, 0.05) is 0 Å². The molecule has 4 N–H and O–H groups in total. The van der Waals surface area contributed by atoms with Crippen molar-refractivity contribution in [3.05, 3.63) is 30.3 Å². The van der Waals surface area contributed by atoms with E-state index >= 15 is 0 Å². The van der Waals surface area contributed by atoms with Crippen LogP contribution in [0.15, 0.2) is 35.2 Å². The van der Waals surface area contributed by atoms with Crippen LogP contribution in [-0.4, -0.2) is 24.8 Å². The van der Waals surface area contributed by atoms with Gasteiger partial charge >= 0.3 is 12.1 Å². The summed E-state index contributed by atoms with van der Waals surface area (Å²) in [5, 5.41) is 0. The highest BCUT2D eigenvalue weighted by molar-refractivity contribution is 7.90. The molecule has 0 spiro atoms. The maximum atomic E-state index is 11.7. The largest absolute Gasteiger partial charge is 0.350 e. The first kappa shape index (κ1) is 12.0. The van der Waals surface area contributed by atoms with Crippen molar-refractivity contribution in [1.82, 2.24) is 4.31 Å². The second kappa shape index (κ2) is 4.19. The molecule has 0 fully saturated rings. The molecule has 1 aromatic carbocycles. The first-order chi connectivity index (χ1) is 7.37. The molecule has 0 aromatic heterocycles. The quantitative estimate of drug-likeness (QED) is 0.748. The molecular weight excluding hydrogens is 234 g/mol. The summed E-state index contributed by atoms with van der Waals surface area (Å²) in [6.45, 7) is 0. The Bertz CT molecular complexity index is 497. The summed E-state index contributed by atoms with van der Waals surface area (Å²) in [4.78, 5) is 21.4. The SMILES string of the molecule is NC(=O)N(C(N)=O)S(=O)(=O)c1ccccc1. The zero-order valence-electron chi connectivity index (χ0n) is 8.03. The number of hydrogen-bond donors (Lipinski definition) is 2. The van der Waals surface area contributed by atoms with Gasteiger partial charge in [0.25, 0.3) is 10.0 Å². The minimum Gasteiger partial charge on any atom is -0.350 e. The van der Waals surface area contributed by atoms with E-state index in [1.165, 1.54) is 24.3 Å². The molecule has 0 radical (unpaired) electrons. The van der Waals surface area contributed by atoms with Gasteiger partial charge in [-0.15, -0.1) is 4.31 Å². The van der Waals surface area contributed by atoms with E-state index in [9.17, 15) is 18.0 Å². The highest BCUT2D eigenvalue weighted by Crippen LogP contribution is 2.14. The number of imide groups is 1. The lowest BCUT2D eigenvalue weighted by atomic mass is 10.4. The number of primary amides is 2. The van der Waals surface area contributed by atoms with Crippen molar-refractivity contribution in [2.75, 3.05) is 0 Å². The van der Waals surface area contributed by atoms with Crippen LogP contribution in [0.4, 0.5) is 9.59 Å². The van der Waals surface area contributed by atoms with E-state index in [0.29, 0.717) is 0 Å². The Hall–Kier alpha value is -2.09. The van der Waals surface area contributed by atoms with Crippen LogP contribution in [0.3, 0.4) is 0 Å². The van der Waals surface area contributed by atoms with Crippen molar-refractivity contribution in [3.8, 4) is 0 Å². The van der Waals surface area contributed by atoms with Gasteiger partial charge in [-0.3, -0.25) is 0 Å². The van der Waals surface area contributed by atoms with Crippen LogP contribution in [0.1, 0.15) is 0 Å². The Morgan fingerprint density at radius 2 is 1.44 bits per heavy atom. The third-order valence-corrected chi connectivity index (χ3v) is 3.39. The number of carbonyl (C=O) groups is 2. The fourth-order valence-electron chi connectivity index (χ4n) is 1.04. The van der Waals surface area contributed by atoms with Crippen LogP contribution in [-0.2, 0) is 10.0 Å². The lowest BCUT2D eigenvalue weighted by Crippen LogP contribution is -2.47. The third kappa shape index (κ3) is 2.11. The maximum absolute atomic E-state index is 11.7. The first-order valence-corrected chi connectivity index (χ1v) is 5.50. The van der Waals surface area contributed by atoms with Crippen molar-refractivity contribution < 1.29 is 18.0 Å². The average Bonchev–Trinajstić information content (AvgIpc) is 2.17. The van der Waals surface area contributed by atoms with E-state index in [1.807, 2.05) is 0 Å². The number of urea groups is 2. The normalized spacial score (nSPS) is 10.8. The summed E-state index contributed by atoms with van der Waals surface area (Å²) >= 11 is 0. The highest BCUT2D eigenvalue weighted by atomic mass is 32.2. The fourth-order valence-corrected chi connectivity index (χ4v) is 2.23. The van der Waals surface area contributed by atoms with Crippen LogP contribution in [0.2, 0.25) is 0 Å². The monoisotopic (exact) mass is 243 g/mol. The molecule has 0 heterocycles. The van der Waals surface area contributed by atoms with Crippen LogP contribution >= 0.6 is 0 Å². The van der Waals surface area contributed by atoms with E-state index in [1.54, 1.807) is 6.07 Å². The van der Waals surface area contributed by atoms with Gasteiger partial charge < -0.3 is 11.5 Å². The van der Waals surface area contributed by atoms with Crippen LogP contribution in [0.5, 0.6) is 0 Å². The molecule has 1 rings (SSSR count). The van der Waals surface area contributed by atoms with E-state index in [4.69, 9.17) is 11.5 Å². The van der Waals surface area contributed by atoms with Crippen molar-refractivity contribution >= 4 is 22.1 Å². The molecular formula is C8H9N3O4S. The van der Waals surface area contributed by atoms with E-state index < -0.39 is 22.1 Å². The Morgan fingerprint density at radius 3 is 1.81 bits per heavy atom. The number of amides is 4. The predicted molar refractivity (Wildman–Crippen MR) is 54.6 cm³/mol. The standard InChI is InChI=1S/C8H9N3O4S/c9-7(12)11(8(10)13)16(14,15)6-4-2-1-3-5-6/h1-5H,(H2,9,12)(H2,10,13). The topological polar surface area (TPSA) is 124 Å². The van der Waals surface area contributed by atoms with Gasteiger partial charge in [0.15, 0.2) is 0 Å². The van der Waals surface area contributed by atoms with Gasteiger partial charge in [-0.2, -0.15) is 0 Å². The highest BCUT2D eigenvalue weighted by Gasteiger charge is 2.32. The Morgan fingerprint density at radius 1 is 1.00 bits per heavy atom. The molecule has 0 atom stereocenters. The molecule has 4 amide bonds. The molecule has 0 saturated heterocycles. The first-order valence-electron chi connectivity index (χ1n) is 4.06. The minimum atomic E-state index is -4.32. The zero-order chi connectivity index (χ0) is 12.3. The molecule has 86 valence electrons. The lowest BCUT2D eigenvalue weighted by molar-refractivity contribution is 0.218. The zero-order valence-corrected chi connectivity index (χ0v) is 8.85. The van der Waals surface area contributed by atoms with E-state index in [-0.39, 0.29) is 9.20 Å². The Labute approximate surface area is 91.7 Å². The summed E-state index contributed by atoms with van der Waals surface area (Å²) in [6, 6.07) is 3.99. The Kier molecular flexibility index (Phi) is 3.14. The molecule has 7 nitrogen and oxygen atoms in total. The van der Waals surface area contributed by atoms with E-state index in [2.05, 4.69) is 0 Å². The molecule has 0 unspecified atom stereocenters. The van der Waals surface area contributed by atoms with Crippen molar-refractivity contribution in [1.29, 1.82) is 0 Å². The van der Waals surface area contributed by atoms with Crippen molar-refractivity contribution in [3.63, 3.8) is 0 Å². The van der Waals surface area contributed by atoms with Gasteiger partial charge in [-0.05, 0) is 12.1 Å². The van der Waals surface area contributed by atoms with Crippen molar-refractivity contribution in [2.24, 2.45) is 11.5 Å². The molecule has 0 bridgehead atoms. The number of rotatable bonds is 2. The average molecular weight is 243 g/mol. The summed E-state index contributed by atoms with van der Waals surface area (Å²) in [7, 11) is -4.32. The summed E-state index contributed by atoms with van der Waals surface area (Å²) in [5.74, 6) is 0. The molecule has 0 aliphatic heterocycles. The van der Waals surface area contributed by atoms with Crippen molar-refractivity contribution in [2.45, 2.75) is 4.90 Å². The molecule has 0 aliphatic rings. The predicted octanol–water partition coefficient (Wildman–Crippen LogP) is -0.165. The number of hydrogen-bond acceptors (Lipinski definition) is 4. The van der Waals surface area contributed by atoms with Gasteiger partial charge in [-0.1, -0.05) is 18.2 Å². The van der Waals surface area contributed by atoms with Crippen LogP contribution < -0.4 is 11.5 Å². The molecule has 0 saturated carbocycles. The number of nitrogens with zero attached hydrogens (tertiary/aromatic N) is 1. The molecule has 1 aromatic rings. The fraction of sp³-hybridized carbons (Fsp3) is 0. The smallest absolute Gasteiger partial charge is 0.337 e. The molecule has 16 heavy (non-hydrogen) atoms. The second-order valence-electron chi connectivity index (χ2n) is 2.76. The van der Waals surface area contributed by atoms with Gasteiger partial charge in [0.1, 0.15) is 0 Å². The number of sulfonamides is 1. The van der Waals surface area contributed by atoms with Crippen LogP contribution in [0, 0.1) is 0 Å². The number of carbonyl (C=O) groups excluding carboxylic acids is 2. The summed E-state index contributed by atoms with van der Waals surface area (Å²) < 4.78 is 23.3. The summed E-state index contributed by atoms with van der Waals surface area (Å²) in [5.41, 5.74) is 9.54. The molecule has 0 aliphatic carbocycles. The van der Waals surface area contributed by atoms with Crippen LogP contribution in [0.25, 0.3) is 0 Å².